The Morgan fingerprint density at radius 2 is 2.25 bits per heavy atom. The van der Waals surface area contributed by atoms with Gasteiger partial charge in [-0.2, -0.15) is 5.10 Å². The van der Waals surface area contributed by atoms with Crippen molar-refractivity contribution in [3.8, 4) is 0 Å². The third-order valence-corrected chi connectivity index (χ3v) is 3.10. The number of Topliss-reactive ketones (excluding diaryl/α,β-unsaturated/α-hetero) is 1. The molecule has 0 saturated carbocycles. The van der Waals surface area contributed by atoms with E-state index in [1.807, 2.05) is 19.2 Å². The number of hydrogen-bond acceptors (Lipinski definition) is 4. The van der Waals surface area contributed by atoms with Crippen LogP contribution in [0.1, 0.15) is 18.3 Å². The zero-order valence-electron chi connectivity index (χ0n) is 9.50. The van der Waals surface area contributed by atoms with Crippen molar-refractivity contribution < 1.29 is 4.79 Å². The number of aromatic amines is 1. The molecule has 1 N–H and O–H groups in total. The maximum Gasteiger partial charge on any atom is 0.135 e. The largest absolute Gasteiger partial charge is 0.300 e. The van der Waals surface area contributed by atoms with E-state index in [-0.39, 0.29) is 5.78 Å². The lowest BCUT2D eigenvalue weighted by atomic mass is 10.2. The van der Waals surface area contributed by atoms with Crippen LogP contribution in [0.15, 0.2) is 11.0 Å². The molecule has 2 aromatic heterocycles. The molecule has 16 heavy (non-hydrogen) atoms. The second-order valence-electron chi connectivity index (χ2n) is 3.74. The molecule has 84 valence electrons. The molecule has 4 nitrogen and oxygen atoms in total. The van der Waals surface area contributed by atoms with E-state index in [9.17, 15) is 4.79 Å². The van der Waals surface area contributed by atoms with Gasteiger partial charge in [0.15, 0.2) is 0 Å². The molecule has 0 amide bonds. The molecular formula is C11H13N3OS. The zero-order chi connectivity index (χ0) is 11.7. The lowest BCUT2D eigenvalue weighted by molar-refractivity contribution is -0.116. The number of aromatic nitrogens is 3. The van der Waals surface area contributed by atoms with Crippen molar-refractivity contribution in [2.24, 2.45) is 0 Å². The van der Waals surface area contributed by atoms with Crippen molar-refractivity contribution in [1.29, 1.82) is 0 Å². The Hall–Kier alpha value is -1.36. The number of H-pyrrole nitrogens is 1. The van der Waals surface area contributed by atoms with E-state index in [2.05, 4.69) is 15.2 Å². The van der Waals surface area contributed by atoms with Crippen LogP contribution >= 0.6 is 11.8 Å². The monoisotopic (exact) mass is 235 g/mol. The molecule has 2 heterocycles. The Bertz CT molecular complexity index is 547. The van der Waals surface area contributed by atoms with Crippen molar-refractivity contribution in [2.45, 2.75) is 25.2 Å². The molecule has 0 aliphatic carbocycles. The van der Waals surface area contributed by atoms with Gasteiger partial charge in [-0.05, 0) is 26.2 Å². The minimum atomic E-state index is 0.125. The fraction of sp³-hybridized carbons (Fsp3) is 0.364. The third kappa shape index (κ3) is 1.95. The molecule has 0 unspecified atom stereocenters. The number of hydrogen-bond donors (Lipinski definition) is 1. The number of carbonyl (C=O) groups is 1. The number of nitrogens with zero attached hydrogens (tertiary/aromatic N) is 2. The van der Waals surface area contributed by atoms with Crippen LogP contribution in [0.2, 0.25) is 0 Å². The highest BCUT2D eigenvalue weighted by molar-refractivity contribution is 7.98. The fourth-order valence-corrected chi connectivity index (χ4v) is 2.22. The van der Waals surface area contributed by atoms with Crippen molar-refractivity contribution in [2.75, 3.05) is 6.26 Å². The van der Waals surface area contributed by atoms with Gasteiger partial charge in [0, 0.05) is 17.0 Å². The average molecular weight is 235 g/mol. The summed E-state index contributed by atoms with van der Waals surface area (Å²) in [4.78, 5) is 16.6. The van der Waals surface area contributed by atoms with Gasteiger partial charge in [-0.1, -0.05) is 0 Å². The van der Waals surface area contributed by atoms with E-state index in [1.165, 1.54) is 0 Å². The number of rotatable bonds is 3. The Kier molecular flexibility index (Phi) is 2.96. The molecule has 0 aliphatic rings. The highest BCUT2D eigenvalue weighted by Crippen LogP contribution is 2.26. The lowest BCUT2D eigenvalue weighted by Gasteiger charge is -2.02. The second-order valence-corrected chi connectivity index (χ2v) is 4.59. The maximum atomic E-state index is 11.1. The normalized spacial score (nSPS) is 10.9. The first kappa shape index (κ1) is 11.1. The summed E-state index contributed by atoms with van der Waals surface area (Å²) in [6.45, 7) is 3.51. The van der Waals surface area contributed by atoms with Gasteiger partial charge in [0.25, 0.3) is 0 Å². The molecule has 5 heteroatoms. The summed E-state index contributed by atoms with van der Waals surface area (Å²) in [6, 6.07) is 1.94. The Morgan fingerprint density at radius 3 is 2.88 bits per heavy atom. The summed E-state index contributed by atoms with van der Waals surface area (Å²) >= 11 is 1.62. The van der Waals surface area contributed by atoms with Crippen LogP contribution in [-0.4, -0.2) is 27.2 Å². The first-order chi connectivity index (χ1) is 7.61. The molecule has 0 aromatic carbocycles. The van der Waals surface area contributed by atoms with Crippen molar-refractivity contribution in [1.82, 2.24) is 15.2 Å². The van der Waals surface area contributed by atoms with Gasteiger partial charge in [0.05, 0.1) is 5.69 Å². The Labute approximate surface area is 97.8 Å². The van der Waals surface area contributed by atoms with E-state index < -0.39 is 0 Å². The molecule has 0 atom stereocenters. The first-order valence-electron chi connectivity index (χ1n) is 5.00. The Morgan fingerprint density at radius 1 is 1.50 bits per heavy atom. The van der Waals surface area contributed by atoms with Gasteiger partial charge in [0.2, 0.25) is 0 Å². The lowest BCUT2D eigenvalue weighted by Crippen LogP contribution is -1.99. The van der Waals surface area contributed by atoms with E-state index in [0.717, 1.165) is 27.3 Å². The molecule has 0 fully saturated rings. The minimum Gasteiger partial charge on any atom is -0.300 e. The Balaban J connectivity index is 2.60. The number of ketones is 1. The SMILES string of the molecule is CSc1cc(CC(C)=O)nc2c(C)[nH]nc12. The second kappa shape index (κ2) is 4.25. The van der Waals surface area contributed by atoms with Gasteiger partial charge >= 0.3 is 0 Å². The molecular weight excluding hydrogens is 222 g/mol. The standard InChI is InChI=1S/C11H13N3OS/c1-6(15)4-8-5-9(16-3)11-10(12-8)7(2)13-14-11/h5H,4H2,1-3H3,(H,13,14). The van der Waals surface area contributed by atoms with Gasteiger partial charge in [0.1, 0.15) is 16.8 Å². The number of thioether (sulfide) groups is 1. The summed E-state index contributed by atoms with van der Waals surface area (Å²) in [7, 11) is 0. The van der Waals surface area contributed by atoms with Crippen LogP contribution in [0.4, 0.5) is 0 Å². The topological polar surface area (TPSA) is 58.6 Å². The van der Waals surface area contributed by atoms with Gasteiger partial charge < -0.3 is 0 Å². The first-order valence-corrected chi connectivity index (χ1v) is 6.22. The van der Waals surface area contributed by atoms with Crippen LogP contribution in [-0.2, 0) is 11.2 Å². The predicted octanol–water partition coefficient (Wildman–Crippen LogP) is 2.12. The van der Waals surface area contributed by atoms with Crippen LogP contribution in [0.3, 0.4) is 0 Å². The molecule has 2 aromatic rings. The fourth-order valence-electron chi connectivity index (χ4n) is 1.63. The van der Waals surface area contributed by atoms with E-state index in [4.69, 9.17) is 0 Å². The molecule has 2 rings (SSSR count). The summed E-state index contributed by atoms with van der Waals surface area (Å²) in [5.41, 5.74) is 3.50. The zero-order valence-corrected chi connectivity index (χ0v) is 10.3. The summed E-state index contributed by atoms with van der Waals surface area (Å²) in [6.07, 6.45) is 2.38. The maximum absolute atomic E-state index is 11.1. The third-order valence-electron chi connectivity index (χ3n) is 2.35. The number of aryl methyl sites for hydroxylation is 1. The number of carbonyl (C=O) groups excluding carboxylic acids is 1. The van der Waals surface area contributed by atoms with Crippen molar-refractivity contribution in [3.63, 3.8) is 0 Å². The van der Waals surface area contributed by atoms with Gasteiger partial charge in [-0.3, -0.25) is 9.89 Å². The summed E-state index contributed by atoms with van der Waals surface area (Å²) in [5, 5.41) is 7.14. The molecule has 0 spiro atoms. The molecule has 0 radical (unpaired) electrons. The van der Waals surface area contributed by atoms with Crippen LogP contribution in [0.25, 0.3) is 11.0 Å². The number of fused-ring (bicyclic) bond motifs is 1. The van der Waals surface area contributed by atoms with E-state index in [0.29, 0.717) is 6.42 Å². The molecule has 0 bridgehead atoms. The van der Waals surface area contributed by atoms with Crippen molar-refractivity contribution in [3.05, 3.63) is 17.5 Å². The summed E-state index contributed by atoms with van der Waals surface area (Å²) < 4.78 is 0. The van der Waals surface area contributed by atoms with Gasteiger partial charge in [-0.25, -0.2) is 4.98 Å². The quantitative estimate of drug-likeness (QED) is 0.828. The molecule has 0 saturated heterocycles. The van der Waals surface area contributed by atoms with E-state index >= 15 is 0 Å². The summed E-state index contributed by atoms with van der Waals surface area (Å²) in [5.74, 6) is 0.125. The highest BCUT2D eigenvalue weighted by atomic mass is 32.2. The number of nitrogens with one attached hydrogen (secondary N) is 1. The highest BCUT2D eigenvalue weighted by Gasteiger charge is 2.11. The van der Waals surface area contributed by atoms with Crippen LogP contribution in [0, 0.1) is 6.92 Å². The average Bonchev–Trinajstić information content (AvgIpc) is 2.59. The van der Waals surface area contributed by atoms with Crippen LogP contribution < -0.4 is 0 Å². The minimum absolute atomic E-state index is 0.125. The number of pyridine rings is 1. The molecule has 0 aliphatic heterocycles. The van der Waals surface area contributed by atoms with Crippen LogP contribution in [0.5, 0.6) is 0 Å². The van der Waals surface area contributed by atoms with E-state index in [1.54, 1.807) is 18.7 Å². The van der Waals surface area contributed by atoms with Gasteiger partial charge in [-0.15, -0.1) is 11.8 Å². The smallest absolute Gasteiger partial charge is 0.135 e. The van der Waals surface area contributed by atoms with Crippen molar-refractivity contribution >= 4 is 28.6 Å². The predicted molar refractivity (Wildman–Crippen MR) is 64.8 cm³/mol.